The van der Waals surface area contributed by atoms with E-state index in [1.165, 1.54) is 13.2 Å². The van der Waals surface area contributed by atoms with Crippen LogP contribution in [-0.4, -0.2) is 25.3 Å². The number of halogens is 2. The highest BCUT2D eigenvalue weighted by molar-refractivity contribution is 9.10. The van der Waals surface area contributed by atoms with Crippen LogP contribution in [0.5, 0.6) is 11.5 Å². The van der Waals surface area contributed by atoms with E-state index in [-0.39, 0.29) is 11.5 Å². The molecule has 2 N–H and O–H groups in total. The number of aromatic hydroxyl groups is 1. The minimum Gasteiger partial charge on any atom is -0.504 e. The van der Waals surface area contributed by atoms with Crippen molar-refractivity contribution in [2.24, 2.45) is 5.92 Å². The first-order valence-corrected chi connectivity index (χ1v) is 6.87. The number of hydrogen-bond acceptors (Lipinski definition) is 3. The highest BCUT2D eigenvalue weighted by Gasteiger charge is 2.21. The summed E-state index contributed by atoms with van der Waals surface area (Å²) in [7, 11) is 1.42. The predicted octanol–water partition coefficient (Wildman–Crippen LogP) is 2.84. The number of ether oxygens (including phenoxy) is 1. The van der Waals surface area contributed by atoms with Gasteiger partial charge < -0.3 is 15.2 Å². The van der Waals surface area contributed by atoms with Gasteiger partial charge in [0.15, 0.2) is 11.5 Å². The van der Waals surface area contributed by atoms with Crippen molar-refractivity contribution in [1.29, 1.82) is 0 Å². The second-order valence-corrected chi connectivity index (χ2v) is 5.41. The first-order valence-electron chi connectivity index (χ1n) is 6.08. The summed E-state index contributed by atoms with van der Waals surface area (Å²) in [5.41, 5.74) is 0.598. The number of hydrogen-bond donors (Lipinski definition) is 2. The van der Waals surface area contributed by atoms with Crippen molar-refractivity contribution in [2.45, 2.75) is 19.3 Å². The van der Waals surface area contributed by atoms with Crippen molar-refractivity contribution < 1.29 is 14.2 Å². The van der Waals surface area contributed by atoms with Crippen LogP contribution in [0.3, 0.4) is 0 Å². The molecule has 18 heavy (non-hydrogen) atoms. The lowest BCUT2D eigenvalue weighted by molar-refractivity contribution is 0.350. The second-order valence-electron chi connectivity index (χ2n) is 4.62. The molecule has 1 aromatic rings. The summed E-state index contributed by atoms with van der Waals surface area (Å²) in [6, 6.07) is 1.20. The van der Waals surface area contributed by atoms with Crippen LogP contribution < -0.4 is 10.1 Å². The van der Waals surface area contributed by atoms with Gasteiger partial charge in [-0.25, -0.2) is 4.39 Å². The van der Waals surface area contributed by atoms with Gasteiger partial charge in [-0.1, -0.05) is 0 Å². The number of rotatable bonds is 3. The third-order valence-corrected chi connectivity index (χ3v) is 4.22. The molecule has 1 saturated heterocycles. The van der Waals surface area contributed by atoms with Crippen molar-refractivity contribution in [1.82, 2.24) is 5.32 Å². The number of methoxy groups -OCH3 is 1. The Morgan fingerprint density at radius 3 is 3.00 bits per heavy atom. The molecule has 1 fully saturated rings. The fourth-order valence-corrected chi connectivity index (χ4v) is 2.84. The Kier molecular flexibility index (Phi) is 4.45. The van der Waals surface area contributed by atoms with Gasteiger partial charge in [0.1, 0.15) is 5.82 Å². The number of nitrogens with one attached hydrogen (secondary N) is 1. The minimum absolute atomic E-state index is 0.0383. The lowest BCUT2D eigenvalue weighted by Crippen LogP contribution is -2.31. The molecule has 0 aliphatic carbocycles. The maximum Gasteiger partial charge on any atom is 0.163 e. The first-order chi connectivity index (χ1) is 8.63. The fourth-order valence-electron chi connectivity index (χ4n) is 2.37. The van der Waals surface area contributed by atoms with Crippen LogP contribution in [-0.2, 0) is 6.42 Å². The number of phenolic OH excluding ortho intramolecular Hbond substituents is 1. The van der Waals surface area contributed by atoms with E-state index in [9.17, 15) is 9.50 Å². The van der Waals surface area contributed by atoms with Gasteiger partial charge >= 0.3 is 0 Å². The molecular weight excluding hydrogens is 301 g/mol. The van der Waals surface area contributed by atoms with Gasteiger partial charge in [0, 0.05) is 11.6 Å². The SMILES string of the molecule is COc1cc(F)c(Br)c(CC2CCCNC2)c1O. The predicted molar refractivity (Wildman–Crippen MR) is 71.6 cm³/mol. The van der Waals surface area contributed by atoms with E-state index in [0.29, 0.717) is 22.4 Å². The molecule has 0 radical (unpaired) electrons. The molecule has 5 heteroatoms. The summed E-state index contributed by atoms with van der Waals surface area (Å²) in [4.78, 5) is 0. The average molecular weight is 318 g/mol. The molecule has 0 saturated carbocycles. The molecule has 1 heterocycles. The van der Waals surface area contributed by atoms with Gasteiger partial charge in [-0.15, -0.1) is 0 Å². The van der Waals surface area contributed by atoms with Gasteiger partial charge in [0.05, 0.1) is 11.6 Å². The number of benzene rings is 1. The van der Waals surface area contributed by atoms with Crippen molar-refractivity contribution in [3.63, 3.8) is 0 Å². The Morgan fingerprint density at radius 1 is 1.61 bits per heavy atom. The standard InChI is InChI=1S/C13H17BrFNO2/c1-18-11-6-10(15)12(14)9(13(11)17)5-8-3-2-4-16-7-8/h6,8,16-17H,2-5,7H2,1H3. The van der Waals surface area contributed by atoms with E-state index in [1.54, 1.807) is 0 Å². The van der Waals surface area contributed by atoms with Gasteiger partial charge in [-0.2, -0.15) is 0 Å². The molecule has 0 aromatic heterocycles. The molecule has 1 aromatic carbocycles. The van der Waals surface area contributed by atoms with Crippen LogP contribution in [0, 0.1) is 11.7 Å². The zero-order chi connectivity index (χ0) is 13.1. The summed E-state index contributed by atoms with van der Waals surface area (Å²) in [5, 5.41) is 13.4. The lowest BCUT2D eigenvalue weighted by atomic mass is 9.92. The third-order valence-electron chi connectivity index (χ3n) is 3.36. The Morgan fingerprint density at radius 2 is 2.39 bits per heavy atom. The molecule has 3 nitrogen and oxygen atoms in total. The Balaban J connectivity index is 2.27. The first kappa shape index (κ1) is 13.6. The van der Waals surface area contributed by atoms with Crippen molar-refractivity contribution >= 4 is 15.9 Å². The summed E-state index contributed by atoms with van der Waals surface area (Å²) >= 11 is 3.21. The number of phenols is 1. The van der Waals surface area contributed by atoms with E-state index in [0.717, 1.165) is 25.9 Å². The molecule has 1 unspecified atom stereocenters. The molecule has 1 aliphatic heterocycles. The van der Waals surface area contributed by atoms with Crippen molar-refractivity contribution in [3.05, 3.63) is 21.9 Å². The van der Waals surface area contributed by atoms with Gasteiger partial charge in [0.2, 0.25) is 0 Å². The quantitative estimate of drug-likeness (QED) is 0.900. The van der Waals surface area contributed by atoms with Crippen molar-refractivity contribution in [3.8, 4) is 11.5 Å². The molecular formula is C13H17BrFNO2. The maximum absolute atomic E-state index is 13.7. The van der Waals surface area contributed by atoms with E-state index in [4.69, 9.17) is 4.74 Å². The lowest BCUT2D eigenvalue weighted by Gasteiger charge is -2.24. The van der Waals surface area contributed by atoms with Crippen LogP contribution in [0.2, 0.25) is 0 Å². The smallest absolute Gasteiger partial charge is 0.163 e. The number of piperidine rings is 1. The summed E-state index contributed by atoms with van der Waals surface area (Å²) in [5.74, 6) is 0.252. The van der Waals surface area contributed by atoms with E-state index in [2.05, 4.69) is 21.2 Å². The van der Waals surface area contributed by atoms with Crippen LogP contribution in [0.15, 0.2) is 10.5 Å². The second kappa shape index (κ2) is 5.89. The summed E-state index contributed by atoms with van der Waals surface area (Å²) < 4.78 is 19.0. The molecule has 0 spiro atoms. The molecule has 0 amide bonds. The molecule has 0 bridgehead atoms. The van der Waals surface area contributed by atoms with Gasteiger partial charge in [-0.3, -0.25) is 0 Å². The van der Waals surface area contributed by atoms with E-state index >= 15 is 0 Å². The zero-order valence-corrected chi connectivity index (χ0v) is 11.9. The van der Waals surface area contributed by atoms with Gasteiger partial charge in [0.25, 0.3) is 0 Å². The van der Waals surface area contributed by atoms with Crippen LogP contribution in [0.4, 0.5) is 4.39 Å². The monoisotopic (exact) mass is 317 g/mol. The highest BCUT2D eigenvalue weighted by atomic mass is 79.9. The minimum atomic E-state index is -0.400. The van der Waals surface area contributed by atoms with Crippen LogP contribution >= 0.6 is 15.9 Å². The Labute approximate surface area is 114 Å². The molecule has 1 atom stereocenters. The van der Waals surface area contributed by atoms with Crippen LogP contribution in [0.1, 0.15) is 18.4 Å². The Bertz CT molecular complexity index is 433. The normalized spacial score (nSPS) is 19.8. The average Bonchev–Trinajstić information content (AvgIpc) is 2.40. The van der Waals surface area contributed by atoms with E-state index in [1.807, 2.05) is 0 Å². The summed E-state index contributed by atoms with van der Waals surface area (Å²) in [6.45, 7) is 1.95. The molecule has 2 rings (SSSR count). The largest absolute Gasteiger partial charge is 0.504 e. The van der Waals surface area contributed by atoms with Crippen LogP contribution in [0.25, 0.3) is 0 Å². The third kappa shape index (κ3) is 2.78. The fraction of sp³-hybridized carbons (Fsp3) is 0.538. The van der Waals surface area contributed by atoms with E-state index < -0.39 is 5.82 Å². The van der Waals surface area contributed by atoms with Gasteiger partial charge in [-0.05, 0) is 54.2 Å². The highest BCUT2D eigenvalue weighted by Crippen LogP contribution is 2.39. The molecule has 1 aliphatic rings. The molecule has 100 valence electrons. The van der Waals surface area contributed by atoms with Crippen molar-refractivity contribution in [2.75, 3.05) is 20.2 Å². The summed E-state index contributed by atoms with van der Waals surface area (Å²) in [6.07, 6.45) is 2.86. The zero-order valence-electron chi connectivity index (χ0n) is 10.3. The topological polar surface area (TPSA) is 41.5 Å². The maximum atomic E-state index is 13.7. The Hall–Kier alpha value is -0.810.